The minimum absolute atomic E-state index is 0.101. The number of likely N-dealkylation sites (tertiary alicyclic amines) is 1. The van der Waals surface area contributed by atoms with Crippen LogP contribution < -0.4 is 11.1 Å². The quantitative estimate of drug-likeness (QED) is 0.482. The van der Waals surface area contributed by atoms with Crippen LogP contribution >= 0.6 is 0 Å². The van der Waals surface area contributed by atoms with Gasteiger partial charge in [-0.15, -0.1) is 0 Å². The van der Waals surface area contributed by atoms with E-state index >= 15 is 0 Å². The maximum Gasteiger partial charge on any atom is 0.233 e. The fraction of sp³-hybridized carbons (Fsp3) is 0.680. The molecule has 0 atom stereocenters. The van der Waals surface area contributed by atoms with E-state index in [2.05, 4.69) is 24.1 Å². The minimum Gasteiger partial charge on any atom is -0.370 e. The van der Waals surface area contributed by atoms with Crippen molar-refractivity contribution in [3.8, 4) is 0 Å². The Kier molecular flexibility index (Phi) is 6.75. The smallest absolute Gasteiger partial charge is 0.233 e. The first-order valence-electron chi connectivity index (χ1n) is 12.2. The number of hydrogen-bond donors (Lipinski definition) is 3. The summed E-state index contributed by atoms with van der Waals surface area (Å²) in [6, 6.07) is 5.57. The van der Waals surface area contributed by atoms with Gasteiger partial charge in [0.25, 0.3) is 0 Å². The topological polar surface area (TPSA) is 85.5 Å². The van der Waals surface area contributed by atoms with Crippen molar-refractivity contribution in [2.24, 2.45) is 17.6 Å². The number of guanidine groups is 1. The fourth-order valence-electron chi connectivity index (χ4n) is 6.25. The number of amides is 1. The van der Waals surface area contributed by atoms with Crippen molar-refractivity contribution in [2.45, 2.75) is 70.4 Å². The molecule has 1 saturated heterocycles. The van der Waals surface area contributed by atoms with Gasteiger partial charge in [0, 0.05) is 25.7 Å². The molecule has 1 aromatic rings. The van der Waals surface area contributed by atoms with E-state index in [4.69, 9.17) is 11.1 Å². The van der Waals surface area contributed by atoms with Crippen LogP contribution in [0.25, 0.3) is 0 Å². The van der Waals surface area contributed by atoms with Crippen LogP contribution in [0.4, 0.5) is 4.39 Å². The molecule has 2 heterocycles. The number of nitrogens with two attached hydrogens (primary N) is 1. The van der Waals surface area contributed by atoms with Gasteiger partial charge in [-0.3, -0.25) is 10.2 Å². The summed E-state index contributed by atoms with van der Waals surface area (Å²) in [5.41, 5.74) is 6.77. The minimum atomic E-state index is -0.566. The first-order chi connectivity index (χ1) is 15.3. The molecule has 1 amide bonds. The van der Waals surface area contributed by atoms with Gasteiger partial charge in [0.15, 0.2) is 5.96 Å². The Labute approximate surface area is 191 Å². The lowest BCUT2D eigenvalue weighted by Gasteiger charge is -2.49. The molecular formula is C25H38FN5O. The number of nitrogens with zero attached hydrogens (tertiary/aromatic N) is 2. The van der Waals surface area contributed by atoms with E-state index in [-0.39, 0.29) is 17.7 Å². The van der Waals surface area contributed by atoms with Gasteiger partial charge in [0.2, 0.25) is 5.91 Å². The predicted molar refractivity (Wildman–Crippen MR) is 125 cm³/mol. The lowest BCUT2D eigenvalue weighted by atomic mass is 9.67. The van der Waals surface area contributed by atoms with Gasteiger partial charge in [-0.05, 0) is 86.7 Å². The SMILES string of the molecule is CC(C)C1CCC(N2CCC3(CC2)C(=O)N(CCNC(=N)N)Cc2cc(F)ccc23)CC1. The summed E-state index contributed by atoms with van der Waals surface area (Å²) in [4.78, 5) is 18.2. The van der Waals surface area contributed by atoms with E-state index in [1.165, 1.54) is 31.7 Å². The van der Waals surface area contributed by atoms with Crippen molar-refractivity contribution >= 4 is 11.9 Å². The van der Waals surface area contributed by atoms with Crippen molar-refractivity contribution in [1.29, 1.82) is 5.41 Å². The molecule has 6 nitrogen and oxygen atoms in total. The molecule has 0 unspecified atom stereocenters. The number of carbonyl (C=O) groups excluding carboxylic acids is 1. The van der Waals surface area contributed by atoms with E-state index in [1.54, 1.807) is 6.07 Å². The highest BCUT2D eigenvalue weighted by atomic mass is 19.1. The van der Waals surface area contributed by atoms with E-state index in [0.717, 1.165) is 48.9 Å². The highest BCUT2D eigenvalue weighted by molar-refractivity contribution is 5.90. The van der Waals surface area contributed by atoms with Gasteiger partial charge in [-0.25, -0.2) is 4.39 Å². The van der Waals surface area contributed by atoms with Crippen molar-refractivity contribution in [3.63, 3.8) is 0 Å². The largest absolute Gasteiger partial charge is 0.370 e. The number of rotatable bonds is 5. The summed E-state index contributed by atoms with van der Waals surface area (Å²) in [5, 5.41) is 10.1. The molecule has 1 aliphatic carbocycles. The predicted octanol–water partition coefficient (Wildman–Crippen LogP) is 3.20. The third-order valence-electron chi connectivity index (χ3n) is 8.19. The Balaban J connectivity index is 1.49. The molecule has 2 fully saturated rings. The first-order valence-corrected chi connectivity index (χ1v) is 12.2. The molecular weight excluding hydrogens is 405 g/mol. The van der Waals surface area contributed by atoms with Gasteiger partial charge in [-0.1, -0.05) is 19.9 Å². The van der Waals surface area contributed by atoms with Crippen LogP contribution in [0.5, 0.6) is 0 Å². The third-order valence-corrected chi connectivity index (χ3v) is 8.19. The van der Waals surface area contributed by atoms with Crippen LogP contribution in [0.2, 0.25) is 0 Å². The fourth-order valence-corrected chi connectivity index (χ4v) is 6.25. The Bertz CT molecular complexity index is 841. The number of halogens is 1. The second kappa shape index (κ2) is 9.38. The Morgan fingerprint density at radius 2 is 1.94 bits per heavy atom. The van der Waals surface area contributed by atoms with Gasteiger partial charge in [0.1, 0.15) is 5.82 Å². The lowest BCUT2D eigenvalue weighted by molar-refractivity contribution is -0.142. The van der Waals surface area contributed by atoms with Gasteiger partial charge in [0.05, 0.1) is 5.41 Å². The Hall–Kier alpha value is -2.15. The van der Waals surface area contributed by atoms with Gasteiger partial charge < -0.3 is 20.9 Å². The van der Waals surface area contributed by atoms with E-state index in [0.29, 0.717) is 25.7 Å². The molecule has 0 aromatic heterocycles. The van der Waals surface area contributed by atoms with Crippen molar-refractivity contribution in [3.05, 3.63) is 35.1 Å². The standard InChI is InChI=1S/C25H38FN5O/c1-17(2)18-3-6-21(7-4-18)30-12-9-25(10-13-30)22-8-5-20(26)15-19(22)16-31(23(25)32)14-11-29-24(27)28/h5,8,15,17-18,21H,3-4,6-7,9-14,16H2,1-2H3,(H4,27,28,29). The van der Waals surface area contributed by atoms with Crippen LogP contribution in [0.3, 0.4) is 0 Å². The second-order valence-corrected chi connectivity index (χ2v) is 10.3. The first kappa shape index (κ1) is 23.0. The molecule has 4 N–H and O–H groups in total. The zero-order valence-corrected chi connectivity index (χ0v) is 19.5. The highest BCUT2D eigenvalue weighted by Crippen LogP contribution is 2.44. The molecule has 1 spiro atoms. The van der Waals surface area contributed by atoms with Crippen molar-refractivity contribution in [2.75, 3.05) is 26.2 Å². The number of carbonyl (C=O) groups is 1. The number of piperidine rings is 1. The van der Waals surface area contributed by atoms with Crippen LogP contribution in [0.15, 0.2) is 18.2 Å². The highest BCUT2D eigenvalue weighted by Gasteiger charge is 2.49. The molecule has 0 radical (unpaired) electrons. The zero-order valence-electron chi connectivity index (χ0n) is 19.5. The van der Waals surface area contributed by atoms with E-state index in [1.807, 2.05) is 11.0 Å². The molecule has 1 saturated carbocycles. The van der Waals surface area contributed by atoms with Gasteiger partial charge >= 0.3 is 0 Å². The van der Waals surface area contributed by atoms with Crippen LogP contribution in [0.1, 0.15) is 63.5 Å². The monoisotopic (exact) mass is 443 g/mol. The van der Waals surface area contributed by atoms with Crippen molar-refractivity contribution in [1.82, 2.24) is 15.1 Å². The molecule has 0 bridgehead atoms. The second-order valence-electron chi connectivity index (χ2n) is 10.3. The summed E-state index contributed by atoms with van der Waals surface area (Å²) in [5.74, 6) is 1.40. The Morgan fingerprint density at radius 1 is 1.25 bits per heavy atom. The number of fused-ring (bicyclic) bond motifs is 2. The average molecular weight is 444 g/mol. The normalized spacial score (nSPS) is 25.8. The Morgan fingerprint density at radius 3 is 2.56 bits per heavy atom. The summed E-state index contributed by atoms with van der Waals surface area (Å²) >= 11 is 0. The van der Waals surface area contributed by atoms with Crippen LogP contribution in [-0.2, 0) is 16.8 Å². The summed E-state index contributed by atoms with van der Waals surface area (Å²) in [6.07, 6.45) is 6.70. The molecule has 176 valence electrons. The van der Waals surface area contributed by atoms with Gasteiger partial charge in [-0.2, -0.15) is 0 Å². The zero-order chi connectivity index (χ0) is 22.9. The van der Waals surface area contributed by atoms with Crippen LogP contribution in [-0.4, -0.2) is 53.9 Å². The summed E-state index contributed by atoms with van der Waals surface area (Å²) < 4.78 is 14.1. The molecule has 1 aromatic carbocycles. The van der Waals surface area contributed by atoms with Crippen molar-refractivity contribution < 1.29 is 9.18 Å². The summed E-state index contributed by atoms with van der Waals surface area (Å²) in [7, 11) is 0. The number of hydrogen-bond acceptors (Lipinski definition) is 3. The molecule has 7 heteroatoms. The van der Waals surface area contributed by atoms with E-state index < -0.39 is 5.41 Å². The summed E-state index contributed by atoms with van der Waals surface area (Å²) in [6.45, 7) is 7.80. The van der Waals surface area contributed by atoms with Crippen LogP contribution in [0, 0.1) is 23.1 Å². The third kappa shape index (κ3) is 4.49. The average Bonchev–Trinajstić information content (AvgIpc) is 2.77. The maximum absolute atomic E-state index is 14.1. The molecule has 32 heavy (non-hydrogen) atoms. The molecule has 2 aliphatic heterocycles. The number of nitrogens with one attached hydrogen (secondary N) is 2. The number of benzene rings is 1. The van der Waals surface area contributed by atoms with E-state index in [9.17, 15) is 9.18 Å². The maximum atomic E-state index is 14.1. The molecule has 4 rings (SSSR count). The lowest BCUT2D eigenvalue weighted by Crippen LogP contribution is -2.58. The molecule has 3 aliphatic rings.